The lowest BCUT2D eigenvalue weighted by atomic mass is 9.90. The Labute approximate surface area is 229 Å². The summed E-state index contributed by atoms with van der Waals surface area (Å²) in [5.74, 6) is 0.105. The third kappa shape index (κ3) is 6.36. The molecule has 1 fully saturated rings. The highest BCUT2D eigenvalue weighted by Gasteiger charge is 2.34. The molecule has 0 atom stereocenters. The van der Waals surface area contributed by atoms with Crippen molar-refractivity contribution < 1.29 is 9.90 Å². The van der Waals surface area contributed by atoms with E-state index in [1.54, 1.807) is 10.6 Å². The molecule has 4 aromatic rings. The molecule has 1 aromatic heterocycles. The summed E-state index contributed by atoms with van der Waals surface area (Å²) in [4.78, 5) is 27.9. The first-order valence-corrected chi connectivity index (χ1v) is 13.6. The van der Waals surface area contributed by atoms with Crippen molar-refractivity contribution in [2.75, 3.05) is 13.1 Å². The largest absolute Gasteiger partial charge is 0.388 e. The molecule has 200 valence electrons. The molecule has 0 bridgehead atoms. The molecule has 6 nitrogen and oxygen atoms in total. The summed E-state index contributed by atoms with van der Waals surface area (Å²) in [6, 6.07) is 29.6. The molecule has 0 aliphatic carbocycles. The Bertz CT molecular complexity index is 1460. The van der Waals surface area contributed by atoms with Gasteiger partial charge in [-0.25, -0.2) is 0 Å². The van der Waals surface area contributed by atoms with Crippen LogP contribution in [0.3, 0.4) is 0 Å². The van der Waals surface area contributed by atoms with Crippen LogP contribution in [0.1, 0.15) is 30.4 Å². The van der Waals surface area contributed by atoms with Crippen LogP contribution in [0, 0.1) is 0 Å². The molecule has 1 saturated heterocycles. The number of hydrogen-bond donors (Lipinski definition) is 2. The van der Waals surface area contributed by atoms with Crippen LogP contribution >= 0.6 is 0 Å². The van der Waals surface area contributed by atoms with E-state index < -0.39 is 5.60 Å². The number of benzene rings is 3. The molecule has 0 spiro atoms. The van der Waals surface area contributed by atoms with Gasteiger partial charge in [0.05, 0.1) is 12.1 Å². The van der Waals surface area contributed by atoms with Crippen LogP contribution in [-0.4, -0.2) is 39.2 Å². The molecule has 0 saturated carbocycles. The quantitative estimate of drug-likeness (QED) is 0.354. The number of likely N-dealkylation sites (tertiary alicyclic amines) is 1. The fourth-order valence-corrected chi connectivity index (χ4v) is 5.31. The van der Waals surface area contributed by atoms with Gasteiger partial charge in [-0.3, -0.25) is 9.59 Å². The summed E-state index contributed by atoms with van der Waals surface area (Å²) in [7, 11) is 0. The number of hydrogen-bond acceptors (Lipinski definition) is 4. The molecular weight excluding hydrogens is 486 g/mol. The molecule has 1 amide bonds. The van der Waals surface area contributed by atoms with Crippen LogP contribution in [0.25, 0.3) is 22.3 Å². The van der Waals surface area contributed by atoms with E-state index >= 15 is 0 Å². The molecule has 0 radical (unpaired) electrons. The van der Waals surface area contributed by atoms with Crippen molar-refractivity contribution >= 4 is 5.91 Å². The number of aliphatic hydroxyl groups is 1. The lowest BCUT2D eigenvalue weighted by molar-refractivity contribution is -0.135. The van der Waals surface area contributed by atoms with Crippen molar-refractivity contribution in [3.63, 3.8) is 0 Å². The molecule has 1 aliphatic rings. The van der Waals surface area contributed by atoms with Gasteiger partial charge in [0.1, 0.15) is 0 Å². The van der Waals surface area contributed by atoms with Crippen LogP contribution in [0.2, 0.25) is 0 Å². The van der Waals surface area contributed by atoms with Crippen LogP contribution in [0.4, 0.5) is 0 Å². The van der Waals surface area contributed by atoms with Gasteiger partial charge >= 0.3 is 0 Å². The average Bonchev–Trinajstić information content (AvgIpc) is 2.98. The third-order valence-corrected chi connectivity index (χ3v) is 7.69. The number of aromatic nitrogens is 1. The van der Waals surface area contributed by atoms with E-state index in [1.807, 2.05) is 96.0 Å². The smallest absolute Gasteiger partial charge is 0.251 e. The third-order valence-electron chi connectivity index (χ3n) is 7.69. The summed E-state index contributed by atoms with van der Waals surface area (Å²) in [5.41, 5.74) is 10.5. The number of nitrogens with two attached hydrogens (primary N) is 1. The molecule has 3 aromatic carbocycles. The number of piperidine rings is 1. The van der Waals surface area contributed by atoms with Gasteiger partial charge in [0, 0.05) is 43.9 Å². The minimum atomic E-state index is -1.06. The topological polar surface area (TPSA) is 88.6 Å². The van der Waals surface area contributed by atoms with Crippen molar-refractivity contribution in [1.82, 2.24) is 9.47 Å². The van der Waals surface area contributed by atoms with Crippen molar-refractivity contribution in [3.05, 3.63) is 119 Å². The van der Waals surface area contributed by atoms with E-state index in [2.05, 4.69) is 0 Å². The molecule has 6 heteroatoms. The zero-order valence-corrected chi connectivity index (χ0v) is 22.1. The maximum Gasteiger partial charge on any atom is 0.251 e. The van der Waals surface area contributed by atoms with Crippen LogP contribution < -0.4 is 11.3 Å². The monoisotopic (exact) mass is 521 g/mol. The molecular formula is C33H35N3O3. The first kappa shape index (κ1) is 26.6. The summed E-state index contributed by atoms with van der Waals surface area (Å²) in [6.45, 7) is 1.60. The number of carbonyl (C=O) groups is 1. The van der Waals surface area contributed by atoms with Crippen LogP contribution in [-0.2, 0) is 24.3 Å². The Morgan fingerprint density at radius 3 is 2.08 bits per heavy atom. The van der Waals surface area contributed by atoms with Gasteiger partial charge in [-0.2, -0.15) is 0 Å². The van der Waals surface area contributed by atoms with Gasteiger partial charge in [-0.15, -0.1) is 0 Å². The van der Waals surface area contributed by atoms with Gasteiger partial charge in [0.25, 0.3) is 5.56 Å². The summed E-state index contributed by atoms with van der Waals surface area (Å²) in [5, 5.41) is 11.5. The summed E-state index contributed by atoms with van der Waals surface area (Å²) in [6.07, 6.45) is 3.88. The molecule has 5 rings (SSSR count). The molecule has 39 heavy (non-hydrogen) atoms. The highest BCUT2D eigenvalue weighted by atomic mass is 16.3. The zero-order valence-electron chi connectivity index (χ0n) is 22.1. The number of nitrogens with zero attached hydrogens (tertiary/aromatic N) is 2. The van der Waals surface area contributed by atoms with E-state index in [4.69, 9.17) is 5.73 Å². The van der Waals surface area contributed by atoms with E-state index in [0.717, 1.165) is 33.4 Å². The van der Waals surface area contributed by atoms with E-state index in [0.29, 0.717) is 45.3 Å². The highest BCUT2D eigenvalue weighted by Crippen LogP contribution is 2.32. The zero-order chi connectivity index (χ0) is 27.2. The number of rotatable bonds is 8. The lowest BCUT2D eigenvalue weighted by Crippen LogP contribution is -2.49. The maximum atomic E-state index is 13.3. The standard InChI is InChI=1S/C33H35N3O3/c34-22-26-11-14-28(15-12-26)30-23-36(32(38)21-29(30)27-9-5-2-6-10-27)24-33(39)17-19-35(20-18-33)31(37)16-13-25-7-3-1-4-8-25/h1-12,14-15,21,23,39H,13,16-20,22,24,34H2. The van der Waals surface area contributed by atoms with Crippen LogP contribution in [0.5, 0.6) is 0 Å². The van der Waals surface area contributed by atoms with E-state index in [-0.39, 0.29) is 18.0 Å². The number of amides is 1. The van der Waals surface area contributed by atoms with Gasteiger partial charge < -0.3 is 20.3 Å². The van der Waals surface area contributed by atoms with Gasteiger partial charge in [0.15, 0.2) is 0 Å². The Balaban J connectivity index is 1.33. The number of aryl methyl sites for hydroxylation is 1. The molecule has 0 unspecified atom stereocenters. The number of carbonyl (C=O) groups excluding carboxylic acids is 1. The fourth-order valence-electron chi connectivity index (χ4n) is 5.31. The maximum absolute atomic E-state index is 13.3. The Morgan fingerprint density at radius 1 is 0.821 bits per heavy atom. The van der Waals surface area contributed by atoms with E-state index in [9.17, 15) is 14.7 Å². The molecule has 1 aliphatic heterocycles. The molecule has 3 N–H and O–H groups in total. The molecule has 2 heterocycles. The van der Waals surface area contributed by atoms with Crippen molar-refractivity contribution in [3.8, 4) is 22.3 Å². The first-order valence-electron chi connectivity index (χ1n) is 13.6. The minimum absolute atomic E-state index is 0.105. The van der Waals surface area contributed by atoms with Crippen molar-refractivity contribution in [1.29, 1.82) is 0 Å². The Hall–Kier alpha value is -4.00. The van der Waals surface area contributed by atoms with Gasteiger partial charge in [0.2, 0.25) is 5.91 Å². The first-order chi connectivity index (χ1) is 18.9. The normalized spacial score (nSPS) is 14.8. The number of pyridine rings is 1. The SMILES string of the molecule is NCc1ccc(-c2cn(CC3(O)CCN(C(=O)CCc4ccccc4)CC3)c(=O)cc2-c2ccccc2)cc1. The average molecular weight is 522 g/mol. The predicted molar refractivity (Wildman–Crippen MR) is 155 cm³/mol. The highest BCUT2D eigenvalue weighted by molar-refractivity contribution is 5.82. The summed E-state index contributed by atoms with van der Waals surface area (Å²) < 4.78 is 1.62. The second-order valence-corrected chi connectivity index (χ2v) is 10.4. The summed E-state index contributed by atoms with van der Waals surface area (Å²) >= 11 is 0. The minimum Gasteiger partial charge on any atom is -0.388 e. The fraction of sp³-hybridized carbons (Fsp3) is 0.273. The van der Waals surface area contributed by atoms with Crippen molar-refractivity contribution in [2.45, 2.75) is 44.4 Å². The second kappa shape index (κ2) is 11.8. The predicted octanol–water partition coefficient (Wildman–Crippen LogP) is 4.63. The van der Waals surface area contributed by atoms with Gasteiger partial charge in [-0.1, -0.05) is 84.9 Å². The lowest BCUT2D eigenvalue weighted by Gasteiger charge is -2.38. The Morgan fingerprint density at radius 2 is 1.44 bits per heavy atom. The van der Waals surface area contributed by atoms with E-state index in [1.165, 1.54) is 0 Å². The van der Waals surface area contributed by atoms with Gasteiger partial charge in [-0.05, 0) is 47.1 Å². The van der Waals surface area contributed by atoms with Crippen LogP contribution in [0.15, 0.2) is 102 Å². The van der Waals surface area contributed by atoms with Crippen molar-refractivity contribution in [2.24, 2.45) is 5.73 Å². The Kier molecular flexibility index (Phi) is 8.05. The second-order valence-electron chi connectivity index (χ2n) is 10.4.